The lowest BCUT2D eigenvalue weighted by Gasteiger charge is -2.02. The first kappa shape index (κ1) is 5.43. The summed E-state index contributed by atoms with van der Waals surface area (Å²) < 4.78 is 0. The number of rotatable bonds is 2. The van der Waals surface area contributed by atoms with Gasteiger partial charge < -0.3 is 0 Å². The third-order valence-corrected chi connectivity index (χ3v) is 2.56. The third kappa shape index (κ3) is 0.908. The molecule has 0 atom stereocenters. The van der Waals surface area contributed by atoms with Crippen LogP contribution < -0.4 is 0 Å². The van der Waals surface area contributed by atoms with E-state index in [2.05, 4.69) is 6.92 Å². The van der Waals surface area contributed by atoms with Crippen LogP contribution in [0.1, 0.15) is 26.2 Å². The Hall–Kier alpha value is 0.290. The lowest BCUT2D eigenvalue weighted by molar-refractivity contribution is 0.558. The summed E-state index contributed by atoms with van der Waals surface area (Å²) >= 11 is 5.66. The van der Waals surface area contributed by atoms with E-state index in [-0.39, 0.29) is 0 Å². The Morgan fingerprint density at radius 3 is 2.14 bits per heavy atom. The Kier molecular flexibility index (Phi) is 1.29. The summed E-state index contributed by atoms with van der Waals surface area (Å²) in [5.74, 6) is 0.878. The van der Waals surface area contributed by atoms with Crippen LogP contribution in [0.5, 0.6) is 0 Å². The van der Waals surface area contributed by atoms with Gasteiger partial charge in [0.05, 0.1) is 0 Å². The van der Waals surface area contributed by atoms with Gasteiger partial charge in [-0.15, -0.1) is 11.6 Å². The summed E-state index contributed by atoms with van der Waals surface area (Å²) in [4.78, 5) is 0. The SMILES string of the molecule is CCC1(CCl)CC1. The summed E-state index contributed by atoms with van der Waals surface area (Å²) in [7, 11) is 0. The Balaban J connectivity index is 2.28. The molecule has 0 amide bonds. The van der Waals surface area contributed by atoms with E-state index in [0.29, 0.717) is 5.41 Å². The summed E-state index contributed by atoms with van der Waals surface area (Å²) in [5.41, 5.74) is 0.599. The van der Waals surface area contributed by atoms with Gasteiger partial charge in [0.2, 0.25) is 0 Å². The highest BCUT2D eigenvalue weighted by atomic mass is 35.5. The van der Waals surface area contributed by atoms with E-state index in [4.69, 9.17) is 11.6 Å². The molecule has 0 bridgehead atoms. The molecule has 0 aromatic rings. The molecule has 42 valence electrons. The fourth-order valence-electron chi connectivity index (χ4n) is 0.758. The first-order valence-corrected chi connectivity index (χ1v) is 3.42. The molecule has 1 saturated carbocycles. The number of hydrogen-bond donors (Lipinski definition) is 0. The maximum absolute atomic E-state index is 5.66. The summed E-state index contributed by atoms with van der Waals surface area (Å²) in [6.45, 7) is 2.22. The van der Waals surface area contributed by atoms with Gasteiger partial charge >= 0.3 is 0 Å². The van der Waals surface area contributed by atoms with Crippen molar-refractivity contribution in [2.75, 3.05) is 5.88 Å². The molecule has 0 N–H and O–H groups in total. The second-order valence-electron chi connectivity index (χ2n) is 2.49. The normalized spacial score (nSPS) is 24.9. The minimum absolute atomic E-state index is 0.599. The minimum Gasteiger partial charge on any atom is -0.126 e. The van der Waals surface area contributed by atoms with Gasteiger partial charge in [-0.2, -0.15) is 0 Å². The first-order valence-electron chi connectivity index (χ1n) is 2.89. The van der Waals surface area contributed by atoms with Crippen LogP contribution in [0.3, 0.4) is 0 Å². The van der Waals surface area contributed by atoms with Crippen LogP contribution in [0.25, 0.3) is 0 Å². The van der Waals surface area contributed by atoms with E-state index in [9.17, 15) is 0 Å². The van der Waals surface area contributed by atoms with Gasteiger partial charge in [0.25, 0.3) is 0 Å². The predicted molar refractivity (Wildman–Crippen MR) is 32.7 cm³/mol. The molecule has 1 heteroatoms. The lowest BCUT2D eigenvalue weighted by atomic mass is 10.1. The van der Waals surface area contributed by atoms with E-state index in [1.54, 1.807) is 0 Å². The molecule has 0 nitrogen and oxygen atoms in total. The van der Waals surface area contributed by atoms with E-state index in [0.717, 1.165) is 5.88 Å². The molecule has 1 aliphatic carbocycles. The summed E-state index contributed by atoms with van der Waals surface area (Å²) in [6.07, 6.45) is 4.01. The maximum atomic E-state index is 5.66. The van der Waals surface area contributed by atoms with Crippen LogP contribution in [0.15, 0.2) is 0 Å². The molecule has 1 aliphatic rings. The van der Waals surface area contributed by atoms with Crippen molar-refractivity contribution < 1.29 is 0 Å². The molecule has 0 saturated heterocycles. The van der Waals surface area contributed by atoms with E-state index >= 15 is 0 Å². The highest BCUT2D eigenvalue weighted by molar-refractivity contribution is 6.18. The van der Waals surface area contributed by atoms with E-state index < -0.39 is 0 Å². The van der Waals surface area contributed by atoms with Crippen molar-refractivity contribution in [2.45, 2.75) is 26.2 Å². The largest absolute Gasteiger partial charge is 0.126 e. The van der Waals surface area contributed by atoms with Gasteiger partial charge in [0, 0.05) is 5.88 Å². The molecular weight excluding hydrogens is 108 g/mol. The third-order valence-electron chi connectivity index (χ3n) is 1.99. The van der Waals surface area contributed by atoms with Crippen molar-refractivity contribution in [3.05, 3.63) is 0 Å². The average Bonchev–Trinajstić information content (AvgIpc) is 2.46. The molecule has 0 spiro atoms. The van der Waals surface area contributed by atoms with Crippen molar-refractivity contribution in [3.63, 3.8) is 0 Å². The number of alkyl halides is 1. The molecular formula is C6H11Cl. The number of hydrogen-bond acceptors (Lipinski definition) is 0. The molecule has 0 unspecified atom stereocenters. The monoisotopic (exact) mass is 118 g/mol. The van der Waals surface area contributed by atoms with Crippen molar-refractivity contribution in [1.82, 2.24) is 0 Å². The molecule has 1 rings (SSSR count). The summed E-state index contributed by atoms with van der Waals surface area (Å²) in [6, 6.07) is 0. The van der Waals surface area contributed by atoms with Crippen molar-refractivity contribution >= 4 is 11.6 Å². The van der Waals surface area contributed by atoms with Crippen molar-refractivity contribution in [1.29, 1.82) is 0 Å². The van der Waals surface area contributed by atoms with Gasteiger partial charge in [-0.3, -0.25) is 0 Å². The lowest BCUT2D eigenvalue weighted by Crippen LogP contribution is -1.97. The van der Waals surface area contributed by atoms with E-state index in [1.165, 1.54) is 19.3 Å². The molecule has 0 heterocycles. The fourth-order valence-corrected chi connectivity index (χ4v) is 1.21. The van der Waals surface area contributed by atoms with Crippen LogP contribution >= 0.6 is 11.6 Å². The Morgan fingerprint density at radius 1 is 1.57 bits per heavy atom. The average molecular weight is 119 g/mol. The van der Waals surface area contributed by atoms with Crippen molar-refractivity contribution in [3.8, 4) is 0 Å². The zero-order valence-electron chi connectivity index (χ0n) is 4.71. The van der Waals surface area contributed by atoms with Crippen LogP contribution in [-0.4, -0.2) is 5.88 Å². The molecule has 0 radical (unpaired) electrons. The van der Waals surface area contributed by atoms with E-state index in [1.807, 2.05) is 0 Å². The Bertz CT molecular complexity index is 58.6. The van der Waals surface area contributed by atoms with Crippen LogP contribution in [0.2, 0.25) is 0 Å². The highest BCUT2D eigenvalue weighted by Crippen LogP contribution is 2.49. The van der Waals surface area contributed by atoms with Gasteiger partial charge in [-0.05, 0) is 24.7 Å². The quantitative estimate of drug-likeness (QED) is 0.489. The molecule has 7 heavy (non-hydrogen) atoms. The number of halogens is 1. The molecule has 1 fully saturated rings. The fraction of sp³-hybridized carbons (Fsp3) is 1.00. The van der Waals surface area contributed by atoms with Crippen LogP contribution in [-0.2, 0) is 0 Å². The predicted octanol–water partition coefficient (Wildman–Crippen LogP) is 2.42. The minimum atomic E-state index is 0.599. The first-order chi connectivity index (χ1) is 3.33. The standard InChI is InChI=1S/C6H11Cl/c1-2-6(5-7)3-4-6/h2-5H2,1H3. The second-order valence-corrected chi connectivity index (χ2v) is 2.75. The zero-order chi connectivity index (χ0) is 5.33. The molecule has 0 aromatic carbocycles. The van der Waals surface area contributed by atoms with Gasteiger partial charge in [0.1, 0.15) is 0 Å². The summed E-state index contributed by atoms with van der Waals surface area (Å²) in [5, 5.41) is 0. The van der Waals surface area contributed by atoms with Crippen LogP contribution in [0, 0.1) is 5.41 Å². The topological polar surface area (TPSA) is 0 Å². The second kappa shape index (κ2) is 1.66. The molecule has 0 aliphatic heterocycles. The van der Waals surface area contributed by atoms with Gasteiger partial charge in [0.15, 0.2) is 0 Å². The highest BCUT2D eigenvalue weighted by Gasteiger charge is 2.39. The van der Waals surface area contributed by atoms with Gasteiger partial charge in [-0.1, -0.05) is 6.92 Å². The van der Waals surface area contributed by atoms with Crippen LogP contribution in [0.4, 0.5) is 0 Å². The Labute approximate surface area is 49.9 Å². The van der Waals surface area contributed by atoms with Gasteiger partial charge in [-0.25, -0.2) is 0 Å². The smallest absolute Gasteiger partial charge is 0.0279 e. The van der Waals surface area contributed by atoms with Crippen molar-refractivity contribution in [2.24, 2.45) is 5.41 Å². The maximum Gasteiger partial charge on any atom is 0.0279 e. The zero-order valence-corrected chi connectivity index (χ0v) is 5.46. The Morgan fingerprint density at radius 2 is 2.14 bits per heavy atom. The molecule has 0 aromatic heterocycles.